The van der Waals surface area contributed by atoms with Crippen LogP contribution in [0.15, 0.2) is 24.5 Å². The zero-order valence-electron chi connectivity index (χ0n) is 12.1. The number of pyridine rings is 1. The van der Waals surface area contributed by atoms with Crippen LogP contribution in [0.5, 0.6) is 0 Å². The maximum Gasteiger partial charge on any atom is 0.416 e. The number of nitrogens with zero attached hydrogens (tertiary/aromatic N) is 3. The van der Waals surface area contributed by atoms with E-state index in [0.717, 1.165) is 4.90 Å². The average molecular weight is 329 g/mol. The van der Waals surface area contributed by atoms with Gasteiger partial charge >= 0.3 is 6.18 Å². The topological polar surface area (TPSA) is 74.9 Å². The van der Waals surface area contributed by atoms with Crippen LogP contribution in [0.2, 0.25) is 0 Å². The molecule has 23 heavy (non-hydrogen) atoms. The number of hydrogen-bond acceptors (Lipinski definition) is 4. The third kappa shape index (κ3) is 3.50. The molecule has 2 heterocycles. The lowest BCUT2D eigenvalue weighted by molar-refractivity contribution is -0.206. The molecule has 2 aromatic rings. The minimum Gasteiger partial charge on any atom is -0.382 e. The summed E-state index contributed by atoms with van der Waals surface area (Å²) in [4.78, 5) is 24.1. The highest BCUT2D eigenvalue weighted by Gasteiger charge is 2.40. The molecule has 0 saturated heterocycles. The number of hydrogen-bond donors (Lipinski definition) is 1. The molecule has 1 N–H and O–H groups in total. The van der Waals surface area contributed by atoms with E-state index in [-0.39, 0.29) is 12.1 Å². The van der Waals surface area contributed by atoms with Gasteiger partial charge in [0.15, 0.2) is 6.10 Å². The molecular formula is C14H14F3N3O3. The van der Waals surface area contributed by atoms with Gasteiger partial charge in [-0.2, -0.15) is 18.3 Å². The summed E-state index contributed by atoms with van der Waals surface area (Å²) in [5.74, 6) is -0.700. The minimum absolute atomic E-state index is 0.0172. The van der Waals surface area contributed by atoms with E-state index in [1.165, 1.54) is 36.0 Å². The molecule has 0 aliphatic heterocycles. The third-order valence-electron chi connectivity index (χ3n) is 3.35. The highest BCUT2D eigenvalue weighted by Crippen LogP contribution is 2.22. The number of rotatable bonds is 5. The Morgan fingerprint density at radius 2 is 2.22 bits per heavy atom. The number of amides is 1. The number of aliphatic hydroxyl groups is 1. The quantitative estimate of drug-likeness (QED) is 0.844. The van der Waals surface area contributed by atoms with Crippen molar-refractivity contribution in [1.29, 1.82) is 0 Å². The number of carbonyl (C=O) groups is 2. The summed E-state index contributed by atoms with van der Waals surface area (Å²) in [6.07, 6.45) is -4.16. The lowest BCUT2D eigenvalue weighted by Gasteiger charge is -2.24. The summed E-state index contributed by atoms with van der Waals surface area (Å²) in [5, 5.41) is 13.1. The number of alkyl halides is 3. The van der Waals surface area contributed by atoms with Gasteiger partial charge in [0, 0.05) is 18.3 Å². The van der Waals surface area contributed by atoms with Crippen LogP contribution >= 0.6 is 0 Å². The van der Waals surface area contributed by atoms with Crippen molar-refractivity contribution in [3.8, 4) is 0 Å². The van der Waals surface area contributed by atoms with Gasteiger partial charge in [-0.15, -0.1) is 0 Å². The van der Waals surface area contributed by atoms with Gasteiger partial charge in [0.2, 0.25) is 0 Å². The number of aliphatic hydroxyl groups excluding tert-OH is 1. The molecule has 2 aromatic heterocycles. The Morgan fingerprint density at radius 1 is 1.52 bits per heavy atom. The Morgan fingerprint density at radius 3 is 2.78 bits per heavy atom. The predicted octanol–water partition coefficient (Wildman–Crippen LogP) is 1.53. The number of likely N-dealkylation sites (N-methyl/N-ethyl adjacent to an activating group) is 1. The molecule has 124 valence electrons. The maximum absolute atomic E-state index is 12.5. The van der Waals surface area contributed by atoms with Crippen LogP contribution in [-0.2, 0) is 0 Å². The predicted molar refractivity (Wildman–Crippen MR) is 74.2 cm³/mol. The fraction of sp³-hybridized carbons (Fsp3) is 0.357. The first kappa shape index (κ1) is 16.9. The zero-order chi connectivity index (χ0) is 17.2. The van der Waals surface area contributed by atoms with E-state index in [2.05, 4.69) is 5.10 Å². The van der Waals surface area contributed by atoms with Crippen LogP contribution in [0.25, 0.3) is 5.52 Å². The fourth-order valence-corrected chi connectivity index (χ4v) is 2.07. The second-order valence-corrected chi connectivity index (χ2v) is 4.87. The van der Waals surface area contributed by atoms with Crippen molar-refractivity contribution in [2.45, 2.75) is 19.2 Å². The molecule has 0 bridgehead atoms. The van der Waals surface area contributed by atoms with Gasteiger partial charge in [0.25, 0.3) is 5.91 Å². The molecule has 0 saturated carbocycles. The summed E-state index contributed by atoms with van der Waals surface area (Å²) in [7, 11) is 0. The molecule has 9 heteroatoms. The first-order chi connectivity index (χ1) is 10.8. The highest BCUT2D eigenvalue weighted by atomic mass is 19.4. The van der Waals surface area contributed by atoms with Gasteiger partial charge < -0.3 is 10.0 Å². The van der Waals surface area contributed by atoms with Crippen LogP contribution in [0.3, 0.4) is 0 Å². The standard InChI is InChI=1S/C14H14F3N3O3/c1-2-19(7-12(22)14(15,16)17)13(23)10-6-18-20-4-3-9(8-21)5-11(10)20/h3-6,8,12,22H,2,7H2,1H3/t12-/m1/s1. The molecule has 6 nitrogen and oxygen atoms in total. The average Bonchev–Trinajstić information content (AvgIpc) is 2.93. The number of halogens is 3. The van der Waals surface area contributed by atoms with Gasteiger partial charge in [-0.1, -0.05) is 0 Å². The van der Waals surface area contributed by atoms with Gasteiger partial charge in [0.1, 0.15) is 6.29 Å². The number of fused-ring (bicyclic) bond motifs is 1. The molecule has 0 radical (unpaired) electrons. The van der Waals surface area contributed by atoms with Crippen molar-refractivity contribution in [2.24, 2.45) is 0 Å². The van der Waals surface area contributed by atoms with Crippen LogP contribution in [0.4, 0.5) is 13.2 Å². The molecule has 0 aliphatic carbocycles. The van der Waals surface area contributed by atoms with Gasteiger partial charge in [-0.3, -0.25) is 9.59 Å². The lowest BCUT2D eigenvalue weighted by atomic mass is 10.2. The van der Waals surface area contributed by atoms with E-state index >= 15 is 0 Å². The zero-order valence-corrected chi connectivity index (χ0v) is 12.1. The van der Waals surface area contributed by atoms with Crippen LogP contribution in [0, 0.1) is 0 Å². The molecular weight excluding hydrogens is 315 g/mol. The van der Waals surface area contributed by atoms with Crippen molar-refractivity contribution in [3.63, 3.8) is 0 Å². The van der Waals surface area contributed by atoms with Crippen molar-refractivity contribution in [2.75, 3.05) is 13.1 Å². The van der Waals surface area contributed by atoms with E-state index in [4.69, 9.17) is 5.11 Å². The number of carbonyl (C=O) groups excluding carboxylic acids is 2. The summed E-state index contributed by atoms with van der Waals surface area (Å²) in [6, 6.07) is 2.91. The summed E-state index contributed by atoms with van der Waals surface area (Å²) in [5.41, 5.74) is 0.676. The monoisotopic (exact) mass is 329 g/mol. The Kier molecular flexibility index (Phi) is 4.69. The molecule has 2 rings (SSSR count). The summed E-state index contributed by atoms with van der Waals surface area (Å²) < 4.78 is 38.7. The largest absolute Gasteiger partial charge is 0.416 e. The van der Waals surface area contributed by atoms with Gasteiger partial charge in [0.05, 0.1) is 23.8 Å². The van der Waals surface area contributed by atoms with Crippen molar-refractivity contribution < 1.29 is 27.9 Å². The SMILES string of the molecule is CCN(C[C@@H](O)C(F)(F)F)C(=O)c1cnn2ccc(C=O)cc12. The van der Waals surface area contributed by atoms with E-state index in [1.54, 1.807) is 0 Å². The van der Waals surface area contributed by atoms with E-state index in [9.17, 15) is 22.8 Å². The minimum atomic E-state index is -4.81. The van der Waals surface area contributed by atoms with Crippen LogP contribution < -0.4 is 0 Å². The molecule has 1 amide bonds. The Hall–Kier alpha value is -2.42. The van der Waals surface area contributed by atoms with Crippen molar-refractivity contribution >= 4 is 17.7 Å². The summed E-state index contributed by atoms with van der Waals surface area (Å²) >= 11 is 0. The molecule has 1 atom stereocenters. The van der Waals surface area contributed by atoms with Crippen LogP contribution in [0.1, 0.15) is 27.6 Å². The van der Waals surface area contributed by atoms with Gasteiger partial charge in [-0.25, -0.2) is 4.52 Å². The fourth-order valence-electron chi connectivity index (χ4n) is 2.07. The second kappa shape index (κ2) is 6.37. The second-order valence-electron chi connectivity index (χ2n) is 4.87. The first-order valence-corrected chi connectivity index (χ1v) is 6.74. The van der Waals surface area contributed by atoms with Crippen LogP contribution in [-0.4, -0.2) is 57.2 Å². The normalized spacial score (nSPS) is 13.1. The Labute approximate surface area is 129 Å². The Balaban J connectivity index is 2.32. The molecule has 0 fully saturated rings. The lowest BCUT2D eigenvalue weighted by Crippen LogP contribution is -2.43. The maximum atomic E-state index is 12.5. The molecule has 0 unspecified atom stereocenters. The summed E-state index contributed by atoms with van der Waals surface area (Å²) in [6.45, 7) is 0.615. The third-order valence-corrected chi connectivity index (χ3v) is 3.35. The van der Waals surface area contributed by atoms with E-state index in [1.807, 2.05) is 0 Å². The molecule has 0 aromatic carbocycles. The van der Waals surface area contributed by atoms with E-state index < -0.39 is 24.7 Å². The first-order valence-electron chi connectivity index (χ1n) is 6.74. The molecule has 0 spiro atoms. The smallest absolute Gasteiger partial charge is 0.382 e. The highest BCUT2D eigenvalue weighted by molar-refractivity contribution is 6.01. The number of aldehydes is 1. The van der Waals surface area contributed by atoms with Crippen molar-refractivity contribution in [3.05, 3.63) is 35.7 Å². The number of aromatic nitrogens is 2. The van der Waals surface area contributed by atoms with E-state index in [0.29, 0.717) is 17.4 Å². The Bertz CT molecular complexity index is 727. The van der Waals surface area contributed by atoms with Crippen molar-refractivity contribution in [1.82, 2.24) is 14.5 Å². The molecule has 0 aliphatic rings. The van der Waals surface area contributed by atoms with Gasteiger partial charge in [-0.05, 0) is 19.1 Å².